The van der Waals surface area contributed by atoms with Crippen LogP contribution in [0.2, 0.25) is 0 Å². The van der Waals surface area contributed by atoms with Crippen LogP contribution in [0.25, 0.3) is 0 Å². The van der Waals surface area contributed by atoms with Crippen molar-refractivity contribution in [3.8, 4) is 0 Å². The standard InChI is InChI=1S/C10H13BrN4O/c1-3-15-9(8(11)5-13-15)10(16)7-4-12-14(2)6-7/h4-6,10,16H,3H2,1-2H3. The van der Waals surface area contributed by atoms with E-state index in [1.54, 1.807) is 28.0 Å². The van der Waals surface area contributed by atoms with Crippen LogP contribution in [0.15, 0.2) is 23.1 Å². The fourth-order valence-corrected chi connectivity index (χ4v) is 2.15. The highest BCUT2D eigenvalue weighted by atomic mass is 79.9. The second kappa shape index (κ2) is 4.39. The maximum absolute atomic E-state index is 10.2. The molecule has 2 aromatic heterocycles. The number of hydrogen-bond acceptors (Lipinski definition) is 3. The molecule has 2 heterocycles. The minimum absolute atomic E-state index is 0.703. The maximum atomic E-state index is 10.2. The molecule has 0 saturated heterocycles. The monoisotopic (exact) mass is 284 g/mol. The maximum Gasteiger partial charge on any atom is 0.125 e. The van der Waals surface area contributed by atoms with Gasteiger partial charge in [0.15, 0.2) is 0 Å². The van der Waals surface area contributed by atoms with Gasteiger partial charge in [-0.3, -0.25) is 9.36 Å². The van der Waals surface area contributed by atoms with Gasteiger partial charge < -0.3 is 5.11 Å². The van der Waals surface area contributed by atoms with Crippen LogP contribution in [0.4, 0.5) is 0 Å². The number of hydrogen-bond donors (Lipinski definition) is 1. The average molecular weight is 285 g/mol. The fourth-order valence-electron chi connectivity index (χ4n) is 1.63. The molecular weight excluding hydrogens is 272 g/mol. The van der Waals surface area contributed by atoms with E-state index in [9.17, 15) is 5.11 Å². The zero-order chi connectivity index (χ0) is 11.7. The first-order valence-corrected chi connectivity index (χ1v) is 5.80. The number of aliphatic hydroxyl groups is 1. The Kier molecular flexibility index (Phi) is 3.11. The Morgan fingerprint density at radius 2 is 2.19 bits per heavy atom. The third-order valence-corrected chi connectivity index (χ3v) is 3.04. The summed E-state index contributed by atoms with van der Waals surface area (Å²) in [5.74, 6) is 0. The van der Waals surface area contributed by atoms with E-state index in [-0.39, 0.29) is 0 Å². The smallest absolute Gasteiger partial charge is 0.125 e. The second-order valence-electron chi connectivity index (χ2n) is 3.54. The molecule has 86 valence electrons. The Morgan fingerprint density at radius 1 is 1.44 bits per heavy atom. The van der Waals surface area contributed by atoms with Crippen molar-refractivity contribution >= 4 is 15.9 Å². The van der Waals surface area contributed by atoms with Crippen LogP contribution in [-0.4, -0.2) is 24.7 Å². The van der Waals surface area contributed by atoms with Crippen molar-refractivity contribution in [1.82, 2.24) is 19.6 Å². The Labute approximate surface area is 102 Å². The number of aliphatic hydroxyl groups excluding tert-OH is 1. The van der Waals surface area contributed by atoms with Crippen molar-refractivity contribution < 1.29 is 5.11 Å². The first-order valence-electron chi connectivity index (χ1n) is 5.01. The molecule has 2 aromatic rings. The van der Waals surface area contributed by atoms with E-state index >= 15 is 0 Å². The Morgan fingerprint density at radius 3 is 2.75 bits per heavy atom. The van der Waals surface area contributed by atoms with Gasteiger partial charge in [-0.25, -0.2) is 0 Å². The molecular formula is C10H13BrN4O. The normalized spacial score (nSPS) is 13.0. The minimum Gasteiger partial charge on any atom is -0.382 e. The van der Waals surface area contributed by atoms with Gasteiger partial charge in [-0.1, -0.05) is 0 Å². The van der Waals surface area contributed by atoms with Gasteiger partial charge in [0, 0.05) is 25.4 Å². The van der Waals surface area contributed by atoms with Crippen LogP contribution < -0.4 is 0 Å². The highest BCUT2D eigenvalue weighted by molar-refractivity contribution is 9.10. The molecule has 0 amide bonds. The van der Waals surface area contributed by atoms with E-state index < -0.39 is 6.10 Å². The summed E-state index contributed by atoms with van der Waals surface area (Å²) in [6.45, 7) is 2.71. The molecule has 5 nitrogen and oxygen atoms in total. The molecule has 1 atom stereocenters. The third kappa shape index (κ3) is 1.90. The quantitative estimate of drug-likeness (QED) is 0.929. The molecule has 0 aliphatic heterocycles. The van der Waals surface area contributed by atoms with Crippen molar-refractivity contribution in [3.05, 3.63) is 34.3 Å². The number of aromatic nitrogens is 4. The number of aryl methyl sites for hydroxylation is 2. The molecule has 0 saturated carbocycles. The average Bonchev–Trinajstić information content (AvgIpc) is 2.83. The second-order valence-corrected chi connectivity index (χ2v) is 4.40. The minimum atomic E-state index is -0.703. The van der Waals surface area contributed by atoms with Gasteiger partial charge in [0.05, 0.1) is 22.6 Å². The molecule has 1 unspecified atom stereocenters. The molecule has 0 aliphatic rings. The molecule has 0 radical (unpaired) electrons. The fraction of sp³-hybridized carbons (Fsp3) is 0.400. The molecule has 16 heavy (non-hydrogen) atoms. The Balaban J connectivity index is 2.40. The van der Waals surface area contributed by atoms with Crippen LogP contribution in [0.5, 0.6) is 0 Å². The predicted octanol–water partition coefficient (Wildman–Crippen LogP) is 1.48. The summed E-state index contributed by atoms with van der Waals surface area (Å²) >= 11 is 3.39. The van der Waals surface area contributed by atoms with E-state index in [0.717, 1.165) is 22.3 Å². The van der Waals surface area contributed by atoms with Crippen LogP contribution in [-0.2, 0) is 13.6 Å². The lowest BCUT2D eigenvalue weighted by Gasteiger charge is -2.11. The van der Waals surface area contributed by atoms with Crippen molar-refractivity contribution in [2.24, 2.45) is 7.05 Å². The van der Waals surface area contributed by atoms with Gasteiger partial charge in [-0.2, -0.15) is 10.2 Å². The number of nitrogens with zero attached hydrogens (tertiary/aromatic N) is 4. The highest BCUT2D eigenvalue weighted by Gasteiger charge is 2.20. The van der Waals surface area contributed by atoms with Gasteiger partial charge in [0.2, 0.25) is 0 Å². The highest BCUT2D eigenvalue weighted by Crippen LogP contribution is 2.27. The van der Waals surface area contributed by atoms with Gasteiger partial charge in [-0.15, -0.1) is 0 Å². The zero-order valence-corrected chi connectivity index (χ0v) is 10.7. The van der Waals surface area contributed by atoms with Gasteiger partial charge in [-0.05, 0) is 22.9 Å². The molecule has 0 aliphatic carbocycles. The molecule has 0 aromatic carbocycles. The molecule has 1 N–H and O–H groups in total. The van der Waals surface area contributed by atoms with Crippen molar-refractivity contribution in [2.75, 3.05) is 0 Å². The summed E-state index contributed by atoms with van der Waals surface area (Å²) in [5, 5.41) is 18.5. The third-order valence-electron chi connectivity index (χ3n) is 2.43. The van der Waals surface area contributed by atoms with E-state index in [1.807, 2.05) is 14.0 Å². The summed E-state index contributed by atoms with van der Waals surface area (Å²) in [6, 6.07) is 0. The first-order chi connectivity index (χ1) is 7.63. The van der Waals surface area contributed by atoms with Gasteiger partial charge in [0.1, 0.15) is 6.10 Å². The zero-order valence-electron chi connectivity index (χ0n) is 9.13. The summed E-state index contributed by atoms with van der Waals surface area (Å²) < 4.78 is 4.24. The lowest BCUT2D eigenvalue weighted by molar-refractivity contribution is 0.207. The largest absolute Gasteiger partial charge is 0.382 e. The SMILES string of the molecule is CCn1ncc(Br)c1C(O)c1cnn(C)c1. The summed E-state index contributed by atoms with van der Waals surface area (Å²) in [7, 11) is 1.82. The Hall–Kier alpha value is -1.14. The summed E-state index contributed by atoms with van der Waals surface area (Å²) in [4.78, 5) is 0. The molecule has 0 spiro atoms. The molecule has 2 rings (SSSR count). The van der Waals surface area contributed by atoms with Gasteiger partial charge >= 0.3 is 0 Å². The van der Waals surface area contributed by atoms with Crippen molar-refractivity contribution in [1.29, 1.82) is 0 Å². The van der Waals surface area contributed by atoms with E-state index in [0.29, 0.717) is 0 Å². The van der Waals surface area contributed by atoms with Crippen molar-refractivity contribution in [3.63, 3.8) is 0 Å². The lowest BCUT2D eigenvalue weighted by atomic mass is 10.1. The molecule has 0 bridgehead atoms. The summed E-state index contributed by atoms with van der Waals surface area (Å²) in [5.41, 5.74) is 1.52. The van der Waals surface area contributed by atoms with Crippen LogP contribution in [0.3, 0.4) is 0 Å². The van der Waals surface area contributed by atoms with Crippen molar-refractivity contribution in [2.45, 2.75) is 19.6 Å². The van der Waals surface area contributed by atoms with Crippen LogP contribution >= 0.6 is 15.9 Å². The topological polar surface area (TPSA) is 55.9 Å². The van der Waals surface area contributed by atoms with E-state index in [1.165, 1.54) is 0 Å². The first kappa shape index (κ1) is 11.3. The molecule has 0 fully saturated rings. The van der Waals surface area contributed by atoms with Gasteiger partial charge in [0.25, 0.3) is 0 Å². The predicted molar refractivity (Wildman–Crippen MR) is 62.9 cm³/mol. The van der Waals surface area contributed by atoms with E-state index in [4.69, 9.17) is 0 Å². The lowest BCUT2D eigenvalue weighted by Crippen LogP contribution is -2.09. The number of rotatable bonds is 3. The molecule has 6 heteroatoms. The number of halogens is 1. The van der Waals surface area contributed by atoms with E-state index in [2.05, 4.69) is 26.1 Å². The van der Waals surface area contributed by atoms with Crippen LogP contribution in [0, 0.1) is 0 Å². The van der Waals surface area contributed by atoms with Crippen LogP contribution in [0.1, 0.15) is 24.3 Å². The summed E-state index contributed by atoms with van der Waals surface area (Å²) in [6.07, 6.45) is 4.44. The Bertz CT molecular complexity index is 491.